The van der Waals surface area contributed by atoms with Crippen molar-refractivity contribution < 1.29 is 9.53 Å². The largest absolute Gasteiger partial charge is 0.378 e. The highest BCUT2D eigenvalue weighted by molar-refractivity contribution is 7.09. The van der Waals surface area contributed by atoms with Gasteiger partial charge >= 0.3 is 0 Å². The van der Waals surface area contributed by atoms with E-state index >= 15 is 0 Å². The monoisotopic (exact) mass is 348 g/mol. The van der Waals surface area contributed by atoms with E-state index in [2.05, 4.69) is 23.1 Å². The van der Waals surface area contributed by atoms with E-state index in [9.17, 15) is 4.79 Å². The second-order valence-electron chi connectivity index (χ2n) is 6.32. The first kappa shape index (κ1) is 17.1. The molecule has 1 aliphatic heterocycles. The van der Waals surface area contributed by atoms with Gasteiger partial charge < -0.3 is 9.64 Å². The third kappa shape index (κ3) is 3.67. The molecule has 1 fully saturated rings. The van der Waals surface area contributed by atoms with E-state index in [1.165, 1.54) is 11.3 Å². The summed E-state index contributed by atoms with van der Waals surface area (Å²) in [6.45, 7) is 6.06. The summed E-state index contributed by atoms with van der Waals surface area (Å²) in [5.41, 5.74) is 2.69. The van der Waals surface area contributed by atoms with Gasteiger partial charge in [-0.25, -0.2) is 4.98 Å². The van der Waals surface area contributed by atoms with Gasteiger partial charge in [0.05, 0.1) is 24.9 Å². The summed E-state index contributed by atoms with van der Waals surface area (Å²) in [6.07, 6.45) is 3.22. The van der Waals surface area contributed by atoms with Gasteiger partial charge in [-0.15, -0.1) is 11.3 Å². The van der Waals surface area contributed by atoms with Crippen LogP contribution < -0.4 is 0 Å². The zero-order valence-electron chi connectivity index (χ0n) is 14.5. The summed E-state index contributed by atoms with van der Waals surface area (Å²) in [7, 11) is 1.64. The Kier molecular flexibility index (Phi) is 5.30. The predicted molar refractivity (Wildman–Crippen MR) is 93.2 cm³/mol. The van der Waals surface area contributed by atoms with E-state index in [1.807, 2.05) is 21.9 Å². The molecular weight excluding hydrogens is 324 g/mol. The van der Waals surface area contributed by atoms with Crippen molar-refractivity contribution in [2.75, 3.05) is 13.7 Å². The van der Waals surface area contributed by atoms with Crippen LogP contribution in [-0.4, -0.2) is 45.3 Å². The third-order valence-corrected chi connectivity index (χ3v) is 5.24. The number of ether oxygens (including phenoxy) is 1. The Morgan fingerprint density at radius 1 is 1.42 bits per heavy atom. The highest BCUT2D eigenvalue weighted by Crippen LogP contribution is 2.22. The minimum Gasteiger partial charge on any atom is -0.378 e. The molecule has 7 heteroatoms. The van der Waals surface area contributed by atoms with Crippen LogP contribution in [0.3, 0.4) is 0 Å². The van der Waals surface area contributed by atoms with Crippen molar-refractivity contribution in [3.63, 3.8) is 0 Å². The molecule has 0 radical (unpaired) electrons. The fourth-order valence-electron chi connectivity index (χ4n) is 3.26. The van der Waals surface area contributed by atoms with Crippen molar-refractivity contribution in [2.45, 2.75) is 52.3 Å². The number of hydrogen-bond acceptors (Lipinski definition) is 5. The maximum atomic E-state index is 12.9. The molecule has 0 saturated carbocycles. The van der Waals surface area contributed by atoms with Crippen molar-refractivity contribution in [1.29, 1.82) is 0 Å². The number of amides is 1. The lowest BCUT2D eigenvalue weighted by atomic mass is 10.0. The highest BCUT2D eigenvalue weighted by atomic mass is 32.1. The molecule has 0 aliphatic carbocycles. The van der Waals surface area contributed by atoms with Crippen LogP contribution in [0, 0.1) is 13.8 Å². The van der Waals surface area contributed by atoms with Crippen LogP contribution in [0.4, 0.5) is 0 Å². The zero-order chi connectivity index (χ0) is 17.1. The average molecular weight is 348 g/mol. The summed E-state index contributed by atoms with van der Waals surface area (Å²) in [5, 5.41) is 7.23. The first-order valence-electron chi connectivity index (χ1n) is 8.34. The summed E-state index contributed by atoms with van der Waals surface area (Å²) in [4.78, 5) is 19.3. The number of carbonyl (C=O) groups is 1. The molecule has 0 bridgehead atoms. The number of likely N-dealkylation sites (tertiary alicyclic amines) is 1. The van der Waals surface area contributed by atoms with Crippen LogP contribution >= 0.6 is 11.3 Å². The number of hydrogen-bond donors (Lipinski definition) is 0. The van der Waals surface area contributed by atoms with E-state index in [0.717, 1.165) is 48.7 Å². The molecule has 1 atom stereocenters. The normalized spacial score (nSPS) is 18.1. The van der Waals surface area contributed by atoms with Gasteiger partial charge in [0.25, 0.3) is 5.91 Å². The number of piperidine rings is 1. The van der Waals surface area contributed by atoms with Crippen LogP contribution in [-0.2, 0) is 17.9 Å². The quantitative estimate of drug-likeness (QED) is 0.834. The van der Waals surface area contributed by atoms with Gasteiger partial charge in [0.15, 0.2) is 0 Å². The van der Waals surface area contributed by atoms with Gasteiger partial charge in [-0.05, 0) is 39.2 Å². The summed E-state index contributed by atoms with van der Waals surface area (Å²) < 4.78 is 7.11. The van der Waals surface area contributed by atoms with Gasteiger partial charge in [-0.2, -0.15) is 5.10 Å². The number of methoxy groups -OCH3 is 1. The molecule has 1 saturated heterocycles. The number of aryl methyl sites for hydroxylation is 2. The third-order valence-electron chi connectivity index (χ3n) is 4.41. The van der Waals surface area contributed by atoms with Gasteiger partial charge in [0, 0.05) is 24.7 Å². The van der Waals surface area contributed by atoms with E-state index < -0.39 is 0 Å². The van der Waals surface area contributed by atoms with Crippen LogP contribution in [0.1, 0.15) is 46.1 Å². The van der Waals surface area contributed by atoms with E-state index in [0.29, 0.717) is 12.3 Å². The maximum Gasteiger partial charge on any atom is 0.273 e. The molecule has 0 aromatic carbocycles. The Bertz CT molecular complexity index is 709. The average Bonchev–Trinajstić information content (AvgIpc) is 3.14. The second kappa shape index (κ2) is 7.44. The van der Waals surface area contributed by atoms with Gasteiger partial charge in [0.2, 0.25) is 0 Å². The molecule has 2 aromatic rings. The fraction of sp³-hybridized carbons (Fsp3) is 0.588. The van der Waals surface area contributed by atoms with Crippen LogP contribution in [0.25, 0.3) is 0 Å². The Morgan fingerprint density at radius 2 is 2.25 bits per heavy atom. The van der Waals surface area contributed by atoms with E-state index in [1.54, 1.807) is 7.11 Å². The minimum absolute atomic E-state index is 0.0276. The molecule has 0 spiro atoms. The number of aromatic nitrogens is 3. The lowest BCUT2D eigenvalue weighted by Crippen LogP contribution is -2.46. The fourth-order valence-corrected chi connectivity index (χ4v) is 4.00. The van der Waals surface area contributed by atoms with Gasteiger partial charge in [0.1, 0.15) is 10.7 Å². The molecule has 0 N–H and O–H groups in total. The smallest absolute Gasteiger partial charge is 0.273 e. The molecule has 6 nitrogen and oxygen atoms in total. The van der Waals surface area contributed by atoms with E-state index in [4.69, 9.17) is 4.74 Å². The van der Waals surface area contributed by atoms with E-state index in [-0.39, 0.29) is 11.9 Å². The molecule has 3 heterocycles. The molecule has 130 valence electrons. The first-order chi connectivity index (χ1) is 11.6. The number of rotatable bonds is 5. The Balaban J connectivity index is 1.75. The predicted octanol–water partition coefficient (Wildman–Crippen LogP) is 2.80. The van der Waals surface area contributed by atoms with Crippen LogP contribution in [0.15, 0.2) is 11.4 Å². The van der Waals surface area contributed by atoms with Crippen molar-refractivity contribution >= 4 is 17.2 Å². The summed E-state index contributed by atoms with van der Waals surface area (Å²) >= 11 is 1.48. The second-order valence-corrected chi connectivity index (χ2v) is 7.26. The molecular formula is C17H24N4O2S. The van der Waals surface area contributed by atoms with Crippen molar-refractivity contribution in [1.82, 2.24) is 19.7 Å². The first-order valence-corrected chi connectivity index (χ1v) is 9.22. The Morgan fingerprint density at radius 3 is 2.96 bits per heavy atom. The van der Waals surface area contributed by atoms with Crippen LogP contribution in [0.5, 0.6) is 0 Å². The lowest BCUT2D eigenvalue weighted by Gasteiger charge is -2.35. The summed E-state index contributed by atoms with van der Waals surface area (Å²) in [6, 6.07) is 2.25. The van der Waals surface area contributed by atoms with Gasteiger partial charge in [-0.1, -0.05) is 0 Å². The lowest BCUT2D eigenvalue weighted by molar-refractivity contribution is 0.0577. The molecule has 1 amide bonds. The van der Waals surface area contributed by atoms with Crippen molar-refractivity contribution in [3.05, 3.63) is 33.5 Å². The summed E-state index contributed by atoms with van der Waals surface area (Å²) in [5.74, 6) is 0.0276. The molecule has 1 aliphatic rings. The minimum atomic E-state index is 0.0276. The molecule has 24 heavy (non-hydrogen) atoms. The highest BCUT2D eigenvalue weighted by Gasteiger charge is 2.29. The van der Waals surface area contributed by atoms with Crippen molar-refractivity contribution in [3.8, 4) is 0 Å². The zero-order valence-corrected chi connectivity index (χ0v) is 15.3. The Labute approximate surface area is 146 Å². The van der Waals surface area contributed by atoms with Crippen LogP contribution in [0.2, 0.25) is 0 Å². The molecule has 1 unspecified atom stereocenters. The molecule has 3 rings (SSSR count). The van der Waals surface area contributed by atoms with Gasteiger partial charge in [-0.3, -0.25) is 9.48 Å². The SMILES string of the molecule is COCc1nc(C(=O)N2CCCCC2Cn2nc(C)cc2C)cs1. The maximum absolute atomic E-state index is 12.9. The number of thiazole rings is 1. The molecule has 2 aromatic heterocycles. The number of nitrogens with zero attached hydrogens (tertiary/aromatic N) is 4. The van der Waals surface area contributed by atoms with Crippen molar-refractivity contribution in [2.24, 2.45) is 0 Å². The Hall–Kier alpha value is -1.73. The standard InChI is InChI=1S/C17H24N4O2S/c1-12-8-13(2)21(19-12)9-14-6-4-5-7-20(14)17(22)15-11-24-16(18-15)10-23-3/h8,11,14H,4-7,9-10H2,1-3H3. The topological polar surface area (TPSA) is 60.2 Å². The number of carbonyl (C=O) groups excluding carboxylic acids is 1.